The average molecular weight is 261 g/mol. The Morgan fingerprint density at radius 3 is 2.79 bits per heavy atom. The van der Waals surface area contributed by atoms with E-state index in [1.54, 1.807) is 6.07 Å². The summed E-state index contributed by atoms with van der Waals surface area (Å²) in [6, 6.07) is 9.36. The van der Waals surface area contributed by atoms with Gasteiger partial charge in [-0.25, -0.2) is 0 Å². The van der Waals surface area contributed by atoms with E-state index in [0.717, 1.165) is 23.9 Å². The summed E-state index contributed by atoms with van der Waals surface area (Å²) in [5.74, 6) is 0.346. The summed E-state index contributed by atoms with van der Waals surface area (Å²) in [5.41, 5.74) is 0.732. The molecule has 1 heterocycles. The van der Waals surface area contributed by atoms with E-state index in [1.807, 2.05) is 29.2 Å². The van der Waals surface area contributed by atoms with Crippen molar-refractivity contribution in [1.29, 1.82) is 0 Å². The van der Waals surface area contributed by atoms with Crippen LogP contribution >= 0.6 is 0 Å². The molecule has 0 saturated heterocycles. The minimum Gasteiger partial charge on any atom is -0.453 e. The molecule has 0 unspecified atom stereocenters. The molecule has 4 heteroatoms. The van der Waals surface area contributed by atoms with E-state index in [4.69, 9.17) is 9.52 Å². The summed E-state index contributed by atoms with van der Waals surface area (Å²) in [7, 11) is 0. The van der Waals surface area contributed by atoms with Gasteiger partial charge in [0.25, 0.3) is 0 Å². The molecule has 4 nitrogen and oxygen atoms in total. The van der Waals surface area contributed by atoms with E-state index in [-0.39, 0.29) is 18.9 Å². The largest absolute Gasteiger partial charge is 0.453 e. The zero-order chi connectivity index (χ0) is 13.7. The van der Waals surface area contributed by atoms with Crippen molar-refractivity contribution >= 4 is 16.8 Å². The Labute approximate surface area is 112 Å². The molecule has 0 spiro atoms. The summed E-state index contributed by atoms with van der Waals surface area (Å²) in [6.07, 6.45) is 0.952. The third kappa shape index (κ3) is 3.43. The quantitative estimate of drug-likeness (QED) is 0.777. The van der Waals surface area contributed by atoms with Gasteiger partial charge in [0.15, 0.2) is 5.76 Å². The van der Waals surface area contributed by atoms with Gasteiger partial charge in [-0.15, -0.1) is 0 Å². The lowest BCUT2D eigenvalue weighted by atomic mass is 10.2. The number of nitrogens with zero attached hydrogens (tertiary/aromatic N) is 1. The molecule has 0 aliphatic carbocycles. The van der Waals surface area contributed by atoms with Crippen molar-refractivity contribution in [1.82, 2.24) is 4.90 Å². The highest BCUT2D eigenvalue weighted by Gasteiger charge is 2.15. The van der Waals surface area contributed by atoms with E-state index < -0.39 is 0 Å². The molecule has 2 aromatic rings. The van der Waals surface area contributed by atoms with E-state index >= 15 is 0 Å². The number of aliphatic hydroxyl groups excluding tert-OH is 1. The first-order valence-electron chi connectivity index (χ1n) is 6.59. The van der Waals surface area contributed by atoms with Crippen LogP contribution in [0.25, 0.3) is 11.0 Å². The van der Waals surface area contributed by atoms with Crippen LogP contribution in [0, 0.1) is 0 Å². The second kappa shape index (κ2) is 6.50. The molecular weight excluding hydrogens is 242 g/mol. The van der Waals surface area contributed by atoms with Crippen LogP contribution in [0.1, 0.15) is 23.9 Å². The minimum absolute atomic E-state index is 0.0434. The monoisotopic (exact) mass is 261 g/mol. The molecule has 1 aromatic heterocycles. The molecule has 0 atom stereocenters. The Hall–Kier alpha value is -1.65. The molecule has 1 N–H and O–H groups in total. The molecule has 19 heavy (non-hydrogen) atoms. The molecular formula is C15H19NO3. The highest BCUT2D eigenvalue weighted by Crippen LogP contribution is 2.19. The SMILES string of the molecule is CCCN(CCO)CC(=O)c1cc2ccccc2o1. The molecule has 1 aromatic carbocycles. The second-order valence-corrected chi connectivity index (χ2v) is 4.57. The van der Waals surface area contributed by atoms with Gasteiger partial charge in [-0.3, -0.25) is 9.69 Å². The zero-order valence-corrected chi connectivity index (χ0v) is 11.1. The highest BCUT2D eigenvalue weighted by atomic mass is 16.3. The number of furan rings is 1. The van der Waals surface area contributed by atoms with Gasteiger partial charge in [0, 0.05) is 11.9 Å². The van der Waals surface area contributed by atoms with Gasteiger partial charge >= 0.3 is 0 Å². The average Bonchev–Trinajstić information content (AvgIpc) is 2.83. The van der Waals surface area contributed by atoms with E-state index in [9.17, 15) is 4.79 Å². The number of Topliss-reactive ketones (excluding diaryl/α,β-unsaturated/α-hetero) is 1. The van der Waals surface area contributed by atoms with Crippen molar-refractivity contribution in [3.63, 3.8) is 0 Å². The Morgan fingerprint density at radius 2 is 2.11 bits per heavy atom. The first kappa shape index (κ1) is 13.8. The second-order valence-electron chi connectivity index (χ2n) is 4.57. The Morgan fingerprint density at radius 1 is 1.32 bits per heavy atom. The number of hydrogen-bond donors (Lipinski definition) is 1. The van der Waals surface area contributed by atoms with Crippen LogP contribution in [0.5, 0.6) is 0 Å². The van der Waals surface area contributed by atoms with Crippen molar-refractivity contribution in [2.24, 2.45) is 0 Å². The molecule has 0 amide bonds. The number of rotatable bonds is 7. The summed E-state index contributed by atoms with van der Waals surface area (Å²) in [4.78, 5) is 14.1. The van der Waals surface area contributed by atoms with Gasteiger partial charge in [0.1, 0.15) is 5.58 Å². The number of ketones is 1. The third-order valence-electron chi connectivity index (χ3n) is 3.02. The molecule has 2 rings (SSSR count). The third-order valence-corrected chi connectivity index (χ3v) is 3.02. The van der Waals surface area contributed by atoms with Gasteiger partial charge in [0.2, 0.25) is 5.78 Å². The summed E-state index contributed by atoms with van der Waals surface area (Å²) in [6.45, 7) is 3.71. The van der Waals surface area contributed by atoms with Crippen LogP contribution in [-0.2, 0) is 0 Å². The number of fused-ring (bicyclic) bond motifs is 1. The molecule has 0 saturated carbocycles. The smallest absolute Gasteiger partial charge is 0.211 e. The lowest BCUT2D eigenvalue weighted by molar-refractivity contribution is 0.0890. The summed E-state index contributed by atoms with van der Waals surface area (Å²) < 4.78 is 5.55. The minimum atomic E-state index is -0.0434. The Bertz CT molecular complexity index is 508. The maximum absolute atomic E-state index is 12.2. The zero-order valence-electron chi connectivity index (χ0n) is 11.1. The van der Waals surface area contributed by atoms with Crippen LogP contribution in [0.4, 0.5) is 0 Å². The predicted molar refractivity (Wildman–Crippen MR) is 74.4 cm³/mol. The topological polar surface area (TPSA) is 53.7 Å². The van der Waals surface area contributed by atoms with Crippen LogP contribution in [-0.4, -0.2) is 42.0 Å². The van der Waals surface area contributed by atoms with Crippen LogP contribution in [0.3, 0.4) is 0 Å². The van der Waals surface area contributed by atoms with Crippen molar-refractivity contribution in [2.45, 2.75) is 13.3 Å². The first-order chi connectivity index (χ1) is 9.24. The Kier molecular flexibility index (Phi) is 4.71. The normalized spacial score (nSPS) is 11.3. The molecule has 0 aliphatic rings. The molecule has 102 valence electrons. The number of hydrogen-bond acceptors (Lipinski definition) is 4. The maximum atomic E-state index is 12.2. The molecule has 0 radical (unpaired) electrons. The van der Waals surface area contributed by atoms with Crippen molar-refractivity contribution < 1.29 is 14.3 Å². The summed E-state index contributed by atoms with van der Waals surface area (Å²) >= 11 is 0. The van der Waals surface area contributed by atoms with Crippen molar-refractivity contribution in [3.8, 4) is 0 Å². The van der Waals surface area contributed by atoms with Crippen molar-refractivity contribution in [3.05, 3.63) is 36.1 Å². The maximum Gasteiger partial charge on any atom is 0.211 e. The fourth-order valence-electron chi connectivity index (χ4n) is 2.13. The van der Waals surface area contributed by atoms with E-state index in [2.05, 4.69) is 6.92 Å². The lowest BCUT2D eigenvalue weighted by Gasteiger charge is -2.18. The number of carbonyl (C=O) groups is 1. The van der Waals surface area contributed by atoms with Gasteiger partial charge in [-0.05, 0) is 25.1 Å². The summed E-state index contributed by atoms with van der Waals surface area (Å²) in [5, 5.41) is 9.92. The van der Waals surface area contributed by atoms with Crippen LogP contribution in [0.2, 0.25) is 0 Å². The van der Waals surface area contributed by atoms with Crippen LogP contribution < -0.4 is 0 Å². The lowest BCUT2D eigenvalue weighted by Crippen LogP contribution is -2.33. The van der Waals surface area contributed by atoms with E-state index in [1.165, 1.54) is 0 Å². The predicted octanol–water partition coefficient (Wildman–Crippen LogP) is 2.32. The fraction of sp³-hybridized carbons (Fsp3) is 0.400. The molecule has 0 aliphatic heterocycles. The number of benzene rings is 1. The van der Waals surface area contributed by atoms with E-state index in [0.29, 0.717) is 12.3 Å². The molecule has 0 fully saturated rings. The number of aliphatic hydroxyl groups is 1. The number of carbonyl (C=O) groups excluding carboxylic acids is 1. The Balaban J connectivity index is 2.09. The van der Waals surface area contributed by atoms with Gasteiger partial charge in [-0.2, -0.15) is 0 Å². The fourth-order valence-corrected chi connectivity index (χ4v) is 2.13. The number of para-hydroxylation sites is 1. The van der Waals surface area contributed by atoms with Crippen molar-refractivity contribution in [2.75, 3.05) is 26.2 Å². The standard InChI is InChI=1S/C15H19NO3/c1-2-7-16(8-9-17)11-13(18)15-10-12-5-3-4-6-14(12)19-15/h3-6,10,17H,2,7-9,11H2,1H3. The molecule has 0 bridgehead atoms. The first-order valence-corrected chi connectivity index (χ1v) is 6.59. The van der Waals surface area contributed by atoms with Gasteiger partial charge in [0.05, 0.1) is 13.2 Å². The van der Waals surface area contributed by atoms with Gasteiger partial charge in [-0.1, -0.05) is 25.1 Å². The highest BCUT2D eigenvalue weighted by molar-refractivity contribution is 5.98. The van der Waals surface area contributed by atoms with Crippen LogP contribution in [0.15, 0.2) is 34.7 Å². The van der Waals surface area contributed by atoms with Gasteiger partial charge < -0.3 is 9.52 Å².